The molecule has 0 unspecified atom stereocenters. The smallest absolute Gasteiger partial charge is 0.254 e. The number of nitrogens with zero attached hydrogens (tertiary/aromatic N) is 4. The second kappa shape index (κ2) is 8.93. The van der Waals surface area contributed by atoms with Crippen LogP contribution in [0.25, 0.3) is 22.6 Å². The molecule has 1 saturated heterocycles. The normalized spacial score (nSPS) is 17.3. The zero-order valence-corrected chi connectivity index (χ0v) is 19.1. The van der Waals surface area contributed by atoms with Crippen molar-refractivity contribution < 1.29 is 17.9 Å². The van der Waals surface area contributed by atoms with Crippen molar-refractivity contribution in [1.29, 1.82) is 0 Å². The van der Waals surface area contributed by atoms with Crippen LogP contribution in [0.5, 0.6) is 0 Å². The molecule has 0 bridgehead atoms. The van der Waals surface area contributed by atoms with Gasteiger partial charge < -0.3 is 15.0 Å². The van der Waals surface area contributed by atoms with E-state index in [0.717, 1.165) is 23.0 Å². The maximum Gasteiger partial charge on any atom is 0.254 e. The van der Waals surface area contributed by atoms with Crippen molar-refractivity contribution in [2.45, 2.75) is 31.7 Å². The lowest BCUT2D eigenvalue weighted by Gasteiger charge is -2.34. The fourth-order valence-electron chi connectivity index (χ4n) is 3.78. The van der Waals surface area contributed by atoms with Crippen LogP contribution in [0.3, 0.4) is 0 Å². The molecule has 1 amide bonds. The highest BCUT2D eigenvalue weighted by atomic mass is 32.2. The second-order valence-corrected chi connectivity index (χ2v) is 10.0. The number of aromatic nitrogens is 4. The minimum Gasteiger partial charge on any atom is -0.369 e. The first kappa shape index (κ1) is 22.3. The van der Waals surface area contributed by atoms with Gasteiger partial charge in [-0.05, 0) is 31.7 Å². The van der Waals surface area contributed by atoms with E-state index in [9.17, 15) is 13.2 Å². The Bertz CT molecular complexity index is 1260. The molecule has 32 heavy (non-hydrogen) atoms. The number of morpholine rings is 1. The number of ether oxygens (including phenoxy) is 1. The molecule has 2 N–H and O–H groups in total. The Balaban J connectivity index is 1.82. The first-order chi connectivity index (χ1) is 15.3. The molecule has 1 atom stereocenters. The zero-order valence-electron chi connectivity index (χ0n) is 18.3. The van der Waals surface area contributed by atoms with E-state index in [1.807, 2.05) is 26.1 Å². The minimum atomic E-state index is -3.34. The number of pyridine rings is 1. The van der Waals surface area contributed by atoms with Gasteiger partial charge in [0.1, 0.15) is 18.1 Å². The van der Waals surface area contributed by atoms with Gasteiger partial charge in [0.05, 0.1) is 35.1 Å². The van der Waals surface area contributed by atoms with E-state index in [-0.39, 0.29) is 30.1 Å². The first-order valence-corrected chi connectivity index (χ1v) is 12.4. The molecule has 0 saturated carbocycles. The van der Waals surface area contributed by atoms with Gasteiger partial charge in [-0.3, -0.25) is 9.69 Å². The molecule has 170 valence electrons. The van der Waals surface area contributed by atoms with Crippen molar-refractivity contribution in [2.24, 2.45) is 0 Å². The van der Waals surface area contributed by atoms with Crippen LogP contribution in [-0.2, 0) is 31.7 Å². The molecule has 10 nitrogen and oxygen atoms in total. The summed E-state index contributed by atoms with van der Waals surface area (Å²) in [6, 6.07) is 6.99. The number of anilines is 1. The lowest BCUT2D eigenvalue weighted by molar-refractivity contribution is -0.127. The Hall–Kier alpha value is -2.89. The molecule has 3 aromatic rings. The molecule has 0 aromatic carbocycles. The van der Waals surface area contributed by atoms with Crippen molar-refractivity contribution in [3.8, 4) is 11.5 Å². The van der Waals surface area contributed by atoms with Gasteiger partial charge in [-0.2, -0.15) is 0 Å². The highest BCUT2D eigenvalue weighted by Gasteiger charge is 2.31. The average Bonchev–Trinajstić information content (AvgIpc) is 3.13. The average molecular weight is 459 g/mol. The summed E-state index contributed by atoms with van der Waals surface area (Å²) in [5.74, 6) is 0.154. The summed E-state index contributed by atoms with van der Waals surface area (Å²) in [7, 11) is -1.48. The van der Waals surface area contributed by atoms with Crippen molar-refractivity contribution in [2.75, 3.05) is 31.4 Å². The third-order valence-corrected chi connectivity index (χ3v) is 6.01. The SMILES string of the molecule is CC[C@@H]1COCC(=O)N1c1cc(CS(C)(=O)=O)nc(-c2ccc3[nH]c(CNC)cc3n2)n1. The van der Waals surface area contributed by atoms with E-state index in [4.69, 9.17) is 4.74 Å². The molecule has 4 heterocycles. The van der Waals surface area contributed by atoms with Gasteiger partial charge in [-0.25, -0.2) is 23.4 Å². The van der Waals surface area contributed by atoms with Gasteiger partial charge in [0.2, 0.25) is 0 Å². The topological polar surface area (TPSA) is 130 Å². The largest absolute Gasteiger partial charge is 0.369 e. The number of amides is 1. The third kappa shape index (κ3) is 4.79. The van der Waals surface area contributed by atoms with Crippen molar-refractivity contribution in [1.82, 2.24) is 25.3 Å². The van der Waals surface area contributed by atoms with E-state index in [2.05, 4.69) is 25.3 Å². The Morgan fingerprint density at radius 1 is 1.25 bits per heavy atom. The van der Waals surface area contributed by atoms with Gasteiger partial charge in [0, 0.05) is 24.6 Å². The van der Waals surface area contributed by atoms with Crippen LogP contribution in [0.1, 0.15) is 24.7 Å². The quantitative estimate of drug-likeness (QED) is 0.544. The fraction of sp³-hybridized carbons (Fsp3) is 0.429. The van der Waals surface area contributed by atoms with Crippen molar-refractivity contribution in [3.05, 3.63) is 35.7 Å². The molecule has 4 rings (SSSR count). The maximum atomic E-state index is 12.6. The predicted molar refractivity (Wildman–Crippen MR) is 121 cm³/mol. The van der Waals surface area contributed by atoms with Gasteiger partial charge in [0.15, 0.2) is 15.7 Å². The predicted octanol–water partition coefficient (Wildman–Crippen LogP) is 1.43. The summed E-state index contributed by atoms with van der Waals surface area (Å²) in [4.78, 5) is 31.3. The lowest BCUT2D eigenvalue weighted by atomic mass is 10.1. The molecule has 1 aliphatic rings. The Kier molecular flexibility index (Phi) is 6.22. The number of rotatable bonds is 7. The number of carbonyl (C=O) groups is 1. The standard InChI is InChI=1S/C21H26N6O4S/c1-4-15-10-31-11-20(28)27(15)19-8-14(12-32(3,29)30)24-21(26-19)17-6-5-16-18(25-17)7-13(23-16)9-22-2/h5-8,15,22-23H,4,9-12H2,1-3H3/t15-/m1/s1. The van der Waals surface area contributed by atoms with Crippen molar-refractivity contribution in [3.63, 3.8) is 0 Å². The van der Waals surface area contributed by atoms with Crippen LogP contribution in [0, 0.1) is 0 Å². The second-order valence-electron chi connectivity index (χ2n) is 7.91. The van der Waals surface area contributed by atoms with Crippen LogP contribution in [0.4, 0.5) is 5.82 Å². The number of aromatic amines is 1. The summed E-state index contributed by atoms with van der Waals surface area (Å²) in [6.45, 7) is 2.99. The van der Waals surface area contributed by atoms with Crippen LogP contribution < -0.4 is 10.2 Å². The van der Waals surface area contributed by atoms with E-state index in [1.54, 1.807) is 17.0 Å². The number of hydrogen-bond donors (Lipinski definition) is 2. The van der Waals surface area contributed by atoms with E-state index >= 15 is 0 Å². The maximum absolute atomic E-state index is 12.6. The summed E-state index contributed by atoms with van der Waals surface area (Å²) < 4.78 is 29.3. The summed E-state index contributed by atoms with van der Waals surface area (Å²) in [6.07, 6.45) is 1.82. The first-order valence-electron chi connectivity index (χ1n) is 10.4. The molecule has 0 aliphatic carbocycles. The third-order valence-electron chi connectivity index (χ3n) is 5.19. The Morgan fingerprint density at radius 2 is 2.06 bits per heavy atom. The monoisotopic (exact) mass is 458 g/mol. The molecule has 11 heteroatoms. The number of nitrogens with one attached hydrogen (secondary N) is 2. The van der Waals surface area contributed by atoms with Gasteiger partial charge in [-0.1, -0.05) is 6.92 Å². The van der Waals surface area contributed by atoms with Crippen LogP contribution >= 0.6 is 0 Å². The lowest BCUT2D eigenvalue weighted by Crippen LogP contribution is -2.49. The van der Waals surface area contributed by atoms with Crippen LogP contribution in [-0.4, -0.2) is 66.8 Å². The molecule has 1 fully saturated rings. The summed E-state index contributed by atoms with van der Waals surface area (Å²) in [5, 5.41) is 3.09. The molecule has 1 aliphatic heterocycles. The molecular weight excluding hydrogens is 432 g/mol. The van der Waals surface area contributed by atoms with Crippen molar-refractivity contribution >= 4 is 32.6 Å². The van der Waals surface area contributed by atoms with Gasteiger partial charge in [0.25, 0.3) is 5.91 Å². The number of H-pyrrole nitrogens is 1. The van der Waals surface area contributed by atoms with E-state index in [0.29, 0.717) is 36.8 Å². The van der Waals surface area contributed by atoms with Crippen LogP contribution in [0.2, 0.25) is 0 Å². The molecule has 3 aromatic heterocycles. The number of carbonyl (C=O) groups excluding carboxylic acids is 1. The highest BCUT2D eigenvalue weighted by molar-refractivity contribution is 7.89. The number of hydrogen-bond acceptors (Lipinski definition) is 8. The number of fused-ring (bicyclic) bond motifs is 1. The Labute approximate surface area is 186 Å². The molecule has 0 radical (unpaired) electrons. The number of sulfone groups is 1. The van der Waals surface area contributed by atoms with E-state index in [1.165, 1.54) is 0 Å². The minimum absolute atomic E-state index is 0.0426. The van der Waals surface area contributed by atoms with Gasteiger partial charge >= 0.3 is 0 Å². The van der Waals surface area contributed by atoms with Crippen LogP contribution in [0.15, 0.2) is 24.3 Å². The summed E-state index contributed by atoms with van der Waals surface area (Å²) >= 11 is 0. The van der Waals surface area contributed by atoms with E-state index < -0.39 is 9.84 Å². The molecule has 0 spiro atoms. The zero-order chi connectivity index (χ0) is 22.9. The van der Waals surface area contributed by atoms with Gasteiger partial charge in [-0.15, -0.1) is 0 Å². The highest BCUT2D eigenvalue weighted by Crippen LogP contribution is 2.26. The fourth-order valence-corrected chi connectivity index (χ4v) is 4.47. The Morgan fingerprint density at radius 3 is 2.78 bits per heavy atom. The summed E-state index contributed by atoms with van der Waals surface area (Å²) in [5.41, 5.74) is 3.43. The molecular formula is C21H26N6O4S.